The smallest absolute Gasteiger partial charge is 0.265 e. The molecule has 0 fully saturated rings. The number of rotatable bonds is 5. The van der Waals surface area contributed by atoms with Crippen LogP contribution in [0.5, 0.6) is 0 Å². The Balaban J connectivity index is 1.67. The number of halogens is 1. The molecule has 0 aromatic heterocycles. The molecule has 2 amide bonds. The summed E-state index contributed by atoms with van der Waals surface area (Å²) < 4.78 is 13.3. The van der Waals surface area contributed by atoms with Gasteiger partial charge in [0.05, 0.1) is 5.71 Å². The third-order valence-corrected chi connectivity index (χ3v) is 3.82. The molecule has 1 aliphatic rings. The molecule has 0 aliphatic carbocycles. The second-order valence-electron chi connectivity index (χ2n) is 5.60. The molecule has 3 N–H and O–H groups in total. The molecule has 2 unspecified atom stereocenters. The molecule has 128 valence electrons. The van der Waals surface area contributed by atoms with E-state index in [-0.39, 0.29) is 6.42 Å². The summed E-state index contributed by atoms with van der Waals surface area (Å²) in [5, 5.41) is 6.42. The molecule has 3 rings (SSSR count). The molecule has 0 radical (unpaired) electrons. The zero-order valence-electron chi connectivity index (χ0n) is 13.2. The zero-order valence-corrected chi connectivity index (χ0v) is 13.2. The molecule has 0 bridgehead atoms. The van der Waals surface area contributed by atoms with E-state index in [4.69, 9.17) is 10.6 Å². The zero-order chi connectivity index (χ0) is 17.8. The fourth-order valence-electron chi connectivity index (χ4n) is 2.56. The molecule has 2 atom stereocenters. The van der Waals surface area contributed by atoms with E-state index in [1.54, 1.807) is 42.5 Å². The van der Waals surface area contributed by atoms with Crippen LogP contribution in [-0.4, -0.2) is 23.6 Å². The molecule has 6 nitrogen and oxygen atoms in total. The summed E-state index contributed by atoms with van der Waals surface area (Å²) in [4.78, 5) is 29.2. The summed E-state index contributed by atoms with van der Waals surface area (Å²) in [6.07, 6.45) is -0.723. The van der Waals surface area contributed by atoms with Crippen LogP contribution in [0.1, 0.15) is 23.6 Å². The Morgan fingerprint density at radius 2 is 1.96 bits per heavy atom. The van der Waals surface area contributed by atoms with Crippen LogP contribution in [0.2, 0.25) is 0 Å². The van der Waals surface area contributed by atoms with E-state index in [9.17, 15) is 14.0 Å². The Hall–Kier alpha value is -3.22. The van der Waals surface area contributed by atoms with E-state index in [0.717, 1.165) is 0 Å². The predicted molar refractivity (Wildman–Crippen MR) is 88.9 cm³/mol. The molecular formula is C18H16FN3O3. The average molecular weight is 341 g/mol. The van der Waals surface area contributed by atoms with Crippen LogP contribution in [0.4, 0.5) is 4.39 Å². The second-order valence-corrected chi connectivity index (χ2v) is 5.60. The number of carbonyl (C=O) groups excluding carboxylic acids is 2. The summed E-state index contributed by atoms with van der Waals surface area (Å²) in [6.45, 7) is 0. The van der Waals surface area contributed by atoms with Gasteiger partial charge in [-0.25, -0.2) is 4.39 Å². The minimum absolute atomic E-state index is 0.176. The maximum absolute atomic E-state index is 13.3. The molecule has 2 aromatic carbocycles. The van der Waals surface area contributed by atoms with Gasteiger partial charge in [-0.2, -0.15) is 0 Å². The molecule has 0 saturated carbocycles. The molecule has 7 heteroatoms. The lowest BCUT2D eigenvalue weighted by molar-refractivity contribution is -0.134. The standard InChI is InChI=1S/C18H16FN3O3/c19-13-8-4-7-12(9-13)14-10-15(25-22-14)18(24)21-16(17(20)23)11-5-2-1-3-6-11/h1-9,15-16H,10H2,(H2,20,23)(H,21,24). The molecule has 25 heavy (non-hydrogen) atoms. The van der Waals surface area contributed by atoms with Crippen molar-refractivity contribution < 1.29 is 18.8 Å². The van der Waals surface area contributed by atoms with Gasteiger partial charge in [-0.3, -0.25) is 9.59 Å². The van der Waals surface area contributed by atoms with Gasteiger partial charge in [-0.1, -0.05) is 47.6 Å². The largest absolute Gasteiger partial charge is 0.382 e. The van der Waals surface area contributed by atoms with Gasteiger partial charge in [0, 0.05) is 12.0 Å². The predicted octanol–water partition coefficient (Wildman–Crippen LogP) is 1.66. The lowest BCUT2D eigenvalue weighted by Crippen LogP contribution is -2.42. The van der Waals surface area contributed by atoms with Crippen molar-refractivity contribution in [2.45, 2.75) is 18.6 Å². The van der Waals surface area contributed by atoms with Gasteiger partial charge in [0.15, 0.2) is 0 Å². The van der Waals surface area contributed by atoms with Crippen molar-refractivity contribution in [2.75, 3.05) is 0 Å². The minimum atomic E-state index is -0.962. The van der Waals surface area contributed by atoms with Gasteiger partial charge in [0.2, 0.25) is 12.0 Å². The molecule has 1 heterocycles. The highest BCUT2D eigenvalue weighted by Gasteiger charge is 2.32. The normalized spacial score (nSPS) is 17.3. The Morgan fingerprint density at radius 3 is 2.64 bits per heavy atom. The van der Waals surface area contributed by atoms with E-state index in [2.05, 4.69) is 10.5 Å². The van der Waals surface area contributed by atoms with Crippen LogP contribution in [-0.2, 0) is 14.4 Å². The number of primary amides is 1. The Labute approximate surface area is 143 Å². The van der Waals surface area contributed by atoms with Gasteiger partial charge in [0.1, 0.15) is 11.9 Å². The molecule has 1 aliphatic heterocycles. The van der Waals surface area contributed by atoms with Gasteiger partial charge < -0.3 is 15.9 Å². The molecular weight excluding hydrogens is 325 g/mol. The third-order valence-electron chi connectivity index (χ3n) is 3.82. The van der Waals surface area contributed by atoms with Gasteiger partial charge in [0.25, 0.3) is 5.91 Å². The van der Waals surface area contributed by atoms with E-state index in [0.29, 0.717) is 16.8 Å². The van der Waals surface area contributed by atoms with Crippen LogP contribution in [0.15, 0.2) is 59.8 Å². The van der Waals surface area contributed by atoms with Crippen molar-refractivity contribution in [1.82, 2.24) is 5.32 Å². The number of amides is 2. The lowest BCUT2D eigenvalue weighted by atomic mass is 10.0. The maximum atomic E-state index is 13.3. The Kier molecular flexibility index (Phi) is 4.74. The minimum Gasteiger partial charge on any atom is -0.382 e. The van der Waals surface area contributed by atoms with Crippen LogP contribution >= 0.6 is 0 Å². The quantitative estimate of drug-likeness (QED) is 0.866. The first-order valence-electron chi connectivity index (χ1n) is 7.68. The topological polar surface area (TPSA) is 93.8 Å². The highest BCUT2D eigenvalue weighted by atomic mass is 19.1. The summed E-state index contributed by atoms with van der Waals surface area (Å²) in [6, 6.07) is 13.6. The van der Waals surface area contributed by atoms with Crippen molar-refractivity contribution in [3.63, 3.8) is 0 Å². The van der Waals surface area contributed by atoms with Gasteiger partial charge >= 0.3 is 0 Å². The summed E-state index contributed by atoms with van der Waals surface area (Å²) in [5.41, 5.74) is 6.98. The maximum Gasteiger partial charge on any atom is 0.265 e. The first-order chi connectivity index (χ1) is 12.0. The van der Waals surface area contributed by atoms with E-state index in [1.807, 2.05) is 0 Å². The number of nitrogens with one attached hydrogen (secondary N) is 1. The van der Waals surface area contributed by atoms with Crippen molar-refractivity contribution in [3.05, 3.63) is 71.5 Å². The summed E-state index contributed by atoms with van der Waals surface area (Å²) in [5.74, 6) is -1.59. The number of hydrogen-bond acceptors (Lipinski definition) is 4. The van der Waals surface area contributed by atoms with Gasteiger partial charge in [-0.05, 0) is 17.7 Å². The number of carbonyl (C=O) groups is 2. The Bertz CT molecular complexity index is 823. The van der Waals surface area contributed by atoms with Crippen molar-refractivity contribution in [1.29, 1.82) is 0 Å². The van der Waals surface area contributed by atoms with Crippen LogP contribution in [0.3, 0.4) is 0 Å². The number of nitrogens with zero attached hydrogens (tertiary/aromatic N) is 1. The van der Waals surface area contributed by atoms with Crippen LogP contribution < -0.4 is 11.1 Å². The number of hydrogen-bond donors (Lipinski definition) is 2. The molecule has 0 spiro atoms. The highest BCUT2D eigenvalue weighted by Crippen LogP contribution is 2.19. The van der Waals surface area contributed by atoms with Gasteiger partial charge in [-0.15, -0.1) is 0 Å². The fraction of sp³-hybridized carbons (Fsp3) is 0.167. The lowest BCUT2D eigenvalue weighted by Gasteiger charge is -2.17. The third kappa shape index (κ3) is 3.82. The van der Waals surface area contributed by atoms with E-state index >= 15 is 0 Å². The average Bonchev–Trinajstić information content (AvgIpc) is 3.10. The van der Waals surface area contributed by atoms with Crippen LogP contribution in [0, 0.1) is 5.82 Å². The molecule has 2 aromatic rings. The van der Waals surface area contributed by atoms with Crippen LogP contribution in [0.25, 0.3) is 0 Å². The molecule has 0 saturated heterocycles. The van der Waals surface area contributed by atoms with Crippen molar-refractivity contribution in [3.8, 4) is 0 Å². The Morgan fingerprint density at radius 1 is 1.20 bits per heavy atom. The number of oxime groups is 1. The SMILES string of the molecule is NC(=O)C(NC(=O)C1CC(c2cccc(F)c2)=NO1)c1ccccc1. The summed E-state index contributed by atoms with van der Waals surface area (Å²) >= 11 is 0. The number of benzene rings is 2. The number of nitrogens with two attached hydrogens (primary N) is 1. The first-order valence-corrected chi connectivity index (χ1v) is 7.68. The highest BCUT2D eigenvalue weighted by molar-refractivity contribution is 6.04. The van der Waals surface area contributed by atoms with Crippen molar-refractivity contribution >= 4 is 17.5 Å². The van der Waals surface area contributed by atoms with E-state index < -0.39 is 29.8 Å². The van der Waals surface area contributed by atoms with Crippen molar-refractivity contribution in [2.24, 2.45) is 10.9 Å². The fourth-order valence-corrected chi connectivity index (χ4v) is 2.56. The monoisotopic (exact) mass is 341 g/mol. The van der Waals surface area contributed by atoms with E-state index in [1.165, 1.54) is 12.1 Å². The summed E-state index contributed by atoms with van der Waals surface area (Å²) in [7, 11) is 0. The first kappa shape index (κ1) is 16.6. The second kappa shape index (κ2) is 7.12.